The van der Waals surface area contributed by atoms with Gasteiger partial charge in [0.05, 0.1) is 27.0 Å². The second-order valence-electron chi connectivity index (χ2n) is 6.98. The Bertz CT molecular complexity index is 799. The van der Waals surface area contributed by atoms with Crippen LogP contribution in [-0.4, -0.2) is 42.2 Å². The normalized spacial score (nSPS) is 21.4. The summed E-state index contributed by atoms with van der Waals surface area (Å²) in [6, 6.07) is 5.01. The van der Waals surface area contributed by atoms with E-state index in [2.05, 4.69) is 14.9 Å². The number of ether oxygens (including phenoxy) is 3. The fourth-order valence-electron chi connectivity index (χ4n) is 4.36. The number of methoxy groups -OCH3 is 3. The number of aromatic nitrogens is 2. The highest BCUT2D eigenvalue weighted by Crippen LogP contribution is 2.45. The molecular formula is C20H25N3O3. The summed E-state index contributed by atoms with van der Waals surface area (Å²) in [5.74, 6) is 2.90. The zero-order valence-electron chi connectivity index (χ0n) is 15.8. The molecule has 0 aliphatic carbocycles. The molecule has 0 radical (unpaired) electrons. The molecule has 1 aromatic heterocycles. The fourth-order valence-corrected chi connectivity index (χ4v) is 4.36. The van der Waals surface area contributed by atoms with E-state index in [9.17, 15) is 0 Å². The van der Waals surface area contributed by atoms with E-state index in [1.54, 1.807) is 21.3 Å². The lowest BCUT2D eigenvalue weighted by Gasteiger charge is -2.35. The third-order valence-electron chi connectivity index (χ3n) is 5.54. The lowest BCUT2D eigenvalue weighted by atomic mass is 9.98. The molecule has 4 rings (SSSR count). The molecule has 2 bridgehead atoms. The summed E-state index contributed by atoms with van der Waals surface area (Å²) < 4.78 is 16.4. The molecule has 1 aromatic carbocycles. The highest BCUT2D eigenvalue weighted by molar-refractivity contribution is 5.54. The number of rotatable bonds is 5. The van der Waals surface area contributed by atoms with Crippen LogP contribution in [0.25, 0.3) is 0 Å². The number of aryl methyl sites for hydroxylation is 1. The molecule has 0 spiro atoms. The molecule has 3 heterocycles. The minimum Gasteiger partial charge on any atom is -0.493 e. The minimum absolute atomic E-state index is 0.392. The largest absolute Gasteiger partial charge is 0.493 e. The lowest BCUT2D eigenvalue weighted by molar-refractivity contribution is 0.165. The van der Waals surface area contributed by atoms with E-state index >= 15 is 0 Å². The van der Waals surface area contributed by atoms with Crippen molar-refractivity contribution in [3.8, 4) is 17.2 Å². The SMILES string of the molecule is COc1cc(CN2[C@H]3CC[C@@H]2c2cnc(C)nc2C3)cc(OC)c1OC. The monoisotopic (exact) mass is 355 g/mol. The molecule has 0 unspecified atom stereocenters. The molecule has 0 saturated carbocycles. The predicted octanol–water partition coefficient (Wildman–Crippen LogP) is 3.07. The molecule has 0 amide bonds. The molecule has 1 fully saturated rings. The maximum Gasteiger partial charge on any atom is 0.203 e. The molecule has 0 N–H and O–H groups in total. The van der Waals surface area contributed by atoms with Crippen LogP contribution in [0.2, 0.25) is 0 Å². The first-order valence-electron chi connectivity index (χ1n) is 9.01. The Hall–Kier alpha value is -2.34. The van der Waals surface area contributed by atoms with Crippen LogP contribution in [0, 0.1) is 6.92 Å². The molecule has 2 aliphatic rings. The Morgan fingerprint density at radius 3 is 2.46 bits per heavy atom. The summed E-state index contributed by atoms with van der Waals surface area (Å²) in [4.78, 5) is 11.7. The highest BCUT2D eigenvalue weighted by Gasteiger charge is 2.40. The van der Waals surface area contributed by atoms with Crippen molar-refractivity contribution in [1.29, 1.82) is 0 Å². The van der Waals surface area contributed by atoms with Crippen molar-refractivity contribution in [3.63, 3.8) is 0 Å². The molecular weight excluding hydrogens is 330 g/mol. The summed E-state index contributed by atoms with van der Waals surface area (Å²) in [6.07, 6.45) is 5.38. The van der Waals surface area contributed by atoms with Gasteiger partial charge in [-0.05, 0) is 37.5 Å². The Morgan fingerprint density at radius 1 is 1.08 bits per heavy atom. The van der Waals surface area contributed by atoms with Crippen LogP contribution in [0.5, 0.6) is 17.2 Å². The van der Waals surface area contributed by atoms with Gasteiger partial charge < -0.3 is 14.2 Å². The van der Waals surface area contributed by atoms with Crippen molar-refractivity contribution < 1.29 is 14.2 Å². The minimum atomic E-state index is 0.392. The topological polar surface area (TPSA) is 56.7 Å². The smallest absolute Gasteiger partial charge is 0.203 e. The van der Waals surface area contributed by atoms with E-state index in [0.29, 0.717) is 29.3 Å². The van der Waals surface area contributed by atoms with Gasteiger partial charge in [-0.2, -0.15) is 0 Å². The molecule has 6 nitrogen and oxygen atoms in total. The Balaban J connectivity index is 1.65. The number of benzene rings is 1. The molecule has 6 heteroatoms. The van der Waals surface area contributed by atoms with Crippen LogP contribution in [0.1, 0.15) is 41.5 Å². The second kappa shape index (κ2) is 6.76. The van der Waals surface area contributed by atoms with Crippen LogP contribution in [0.4, 0.5) is 0 Å². The first-order chi connectivity index (χ1) is 12.6. The summed E-state index contributed by atoms with van der Waals surface area (Å²) >= 11 is 0. The summed E-state index contributed by atoms with van der Waals surface area (Å²) in [7, 11) is 4.94. The number of hydrogen-bond acceptors (Lipinski definition) is 6. The standard InChI is InChI=1S/C20H25N3O3/c1-12-21-10-15-16(22-12)9-14-5-6-17(15)23(14)11-13-7-18(24-2)20(26-4)19(8-13)25-3/h7-8,10,14,17H,5-6,9,11H2,1-4H3/t14-,17+/m0/s1. The Kier molecular flexibility index (Phi) is 4.44. The summed E-state index contributed by atoms with van der Waals surface area (Å²) in [5, 5.41) is 0. The molecule has 1 saturated heterocycles. The Morgan fingerprint density at radius 2 is 1.81 bits per heavy atom. The van der Waals surface area contributed by atoms with E-state index in [0.717, 1.165) is 30.8 Å². The van der Waals surface area contributed by atoms with E-state index in [1.807, 2.05) is 25.3 Å². The molecule has 138 valence electrons. The van der Waals surface area contributed by atoms with Gasteiger partial charge in [0.25, 0.3) is 0 Å². The zero-order valence-corrected chi connectivity index (χ0v) is 15.8. The fraction of sp³-hybridized carbons (Fsp3) is 0.500. The maximum atomic E-state index is 5.50. The number of nitrogens with zero attached hydrogens (tertiary/aromatic N) is 3. The maximum absolute atomic E-state index is 5.50. The average molecular weight is 355 g/mol. The predicted molar refractivity (Wildman–Crippen MR) is 97.9 cm³/mol. The number of hydrogen-bond donors (Lipinski definition) is 0. The van der Waals surface area contributed by atoms with Gasteiger partial charge in [-0.1, -0.05) is 0 Å². The van der Waals surface area contributed by atoms with E-state index in [1.165, 1.54) is 17.7 Å². The molecule has 2 aromatic rings. The summed E-state index contributed by atoms with van der Waals surface area (Å²) in [5.41, 5.74) is 3.68. The van der Waals surface area contributed by atoms with Crippen LogP contribution < -0.4 is 14.2 Å². The van der Waals surface area contributed by atoms with Gasteiger partial charge in [0.1, 0.15) is 5.82 Å². The highest BCUT2D eigenvalue weighted by atomic mass is 16.5. The zero-order chi connectivity index (χ0) is 18.3. The van der Waals surface area contributed by atoms with Gasteiger partial charge in [0.2, 0.25) is 5.75 Å². The van der Waals surface area contributed by atoms with Crippen molar-refractivity contribution >= 4 is 0 Å². The lowest BCUT2D eigenvalue weighted by Crippen LogP contribution is -2.37. The third kappa shape index (κ3) is 2.78. The van der Waals surface area contributed by atoms with Gasteiger partial charge in [-0.15, -0.1) is 0 Å². The second-order valence-corrected chi connectivity index (χ2v) is 6.98. The Labute approximate surface area is 154 Å². The van der Waals surface area contributed by atoms with Crippen molar-refractivity contribution in [2.45, 2.75) is 44.8 Å². The average Bonchev–Trinajstić information content (AvgIpc) is 2.92. The van der Waals surface area contributed by atoms with Gasteiger partial charge in [0, 0.05) is 36.8 Å². The van der Waals surface area contributed by atoms with Gasteiger partial charge in [-0.3, -0.25) is 4.90 Å². The van der Waals surface area contributed by atoms with Crippen molar-refractivity contribution in [2.75, 3.05) is 21.3 Å². The van der Waals surface area contributed by atoms with Crippen molar-refractivity contribution in [2.24, 2.45) is 0 Å². The molecule has 26 heavy (non-hydrogen) atoms. The van der Waals surface area contributed by atoms with Gasteiger partial charge in [0.15, 0.2) is 11.5 Å². The van der Waals surface area contributed by atoms with Crippen LogP contribution in [-0.2, 0) is 13.0 Å². The quantitative estimate of drug-likeness (QED) is 0.822. The van der Waals surface area contributed by atoms with Crippen molar-refractivity contribution in [3.05, 3.63) is 41.0 Å². The van der Waals surface area contributed by atoms with Gasteiger partial charge >= 0.3 is 0 Å². The third-order valence-corrected chi connectivity index (χ3v) is 5.54. The number of fused-ring (bicyclic) bond motifs is 4. The molecule has 2 aliphatic heterocycles. The first-order valence-corrected chi connectivity index (χ1v) is 9.01. The van der Waals surface area contributed by atoms with E-state index in [4.69, 9.17) is 14.2 Å². The van der Waals surface area contributed by atoms with Crippen LogP contribution >= 0.6 is 0 Å². The van der Waals surface area contributed by atoms with Crippen LogP contribution in [0.3, 0.4) is 0 Å². The van der Waals surface area contributed by atoms with Crippen LogP contribution in [0.15, 0.2) is 18.3 Å². The van der Waals surface area contributed by atoms with E-state index in [-0.39, 0.29) is 0 Å². The van der Waals surface area contributed by atoms with E-state index < -0.39 is 0 Å². The molecule has 2 atom stereocenters. The van der Waals surface area contributed by atoms with Gasteiger partial charge in [-0.25, -0.2) is 9.97 Å². The first kappa shape index (κ1) is 17.1. The summed E-state index contributed by atoms with van der Waals surface area (Å²) in [6.45, 7) is 2.81. The van der Waals surface area contributed by atoms with Crippen molar-refractivity contribution in [1.82, 2.24) is 14.9 Å².